The lowest BCUT2D eigenvalue weighted by Crippen LogP contribution is -2.04. The van der Waals surface area contributed by atoms with Crippen LogP contribution in [-0.4, -0.2) is 17.6 Å². The van der Waals surface area contributed by atoms with Crippen molar-refractivity contribution in [1.82, 2.24) is 0 Å². The minimum Gasteiger partial charge on any atom is -0.478 e. The molecule has 0 saturated heterocycles. The molecule has 0 heterocycles. The van der Waals surface area contributed by atoms with Crippen LogP contribution in [0.2, 0.25) is 0 Å². The Labute approximate surface area is 95.8 Å². The lowest BCUT2D eigenvalue weighted by atomic mass is 10.1. The summed E-state index contributed by atoms with van der Waals surface area (Å²) in [6, 6.07) is 6.03. The number of carbonyl (C=O) groups is 1. The number of nitrogens with one attached hydrogen (secondary N) is 1. The van der Waals surface area contributed by atoms with Gasteiger partial charge in [-0.25, -0.2) is 4.79 Å². The molecule has 3 nitrogen and oxygen atoms in total. The van der Waals surface area contributed by atoms with Crippen LogP contribution >= 0.6 is 0 Å². The second-order valence-corrected chi connectivity index (χ2v) is 3.82. The Kier molecular flexibility index (Phi) is 4.11. The summed E-state index contributed by atoms with van der Waals surface area (Å²) < 4.78 is 0. The lowest BCUT2D eigenvalue weighted by Gasteiger charge is -2.09. The molecule has 0 aliphatic rings. The minimum atomic E-state index is -0.872. The molecule has 0 amide bonds. The smallest absolute Gasteiger partial charge is 0.331 e. The van der Waals surface area contributed by atoms with E-state index in [-0.39, 0.29) is 0 Å². The second-order valence-electron chi connectivity index (χ2n) is 3.82. The standard InChI is InChI=1S/C13H17NO2/c1-9-5-4-6-12(11(9)3)14-8-7-10(2)13(15)16/h4-7,14H,8H2,1-3H3,(H,15,16)/b10-7-. The van der Waals surface area contributed by atoms with Crippen molar-refractivity contribution in [3.05, 3.63) is 41.0 Å². The summed E-state index contributed by atoms with van der Waals surface area (Å²) in [5.74, 6) is -0.872. The molecule has 0 radical (unpaired) electrons. The maximum Gasteiger partial charge on any atom is 0.331 e. The number of carboxylic acid groups (broad SMARTS) is 1. The fraction of sp³-hybridized carbons (Fsp3) is 0.308. The van der Waals surface area contributed by atoms with Gasteiger partial charge in [0.2, 0.25) is 0 Å². The van der Waals surface area contributed by atoms with E-state index in [2.05, 4.69) is 18.3 Å². The van der Waals surface area contributed by atoms with Crippen LogP contribution in [-0.2, 0) is 4.79 Å². The molecule has 0 fully saturated rings. The van der Waals surface area contributed by atoms with Crippen molar-refractivity contribution >= 4 is 11.7 Å². The highest BCUT2D eigenvalue weighted by molar-refractivity contribution is 5.85. The molecule has 0 aliphatic heterocycles. The minimum absolute atomic E-state index is 0.359. The number of hydrogen-bond donors (Lipinski definition) is 2. The van der Waals surface area contributed by atoms with Crippen molar-refractivity contribution in [3.8, 4) is 0 Å². The van der Waals surface area contributed by atoms with Gasteiger partial charge < -0.3 is 10.4 Å². The van der Waals surface area contributed by atoms with Crippen LogP contribution in [0, 0.1) is 13.8 Å². The molecule has 0 aromatic heterocycles. The summed E-state index contributed by atoms with van der Waals surface area (Å²) in [5, 5.41) is 11.9. The van der Waals surface area contributed by atoms with Gasteiger partial charge in [0.05, 0.1) is 0 Å². The predicted octanol–water partition coefficient (Wildman–Crippen LogP) is 2.75. The summed E-state index contributed by atoms with van der Waals surface area (Å²) in [4.78, 5) is 10.6. The number of anilines is 1. The third-order valence-corrected chi connectivity index (χ3v) is 2.64. The molecule has 1 rings (SSSR count). The van der Waals surface area contributed by atoms with Crippen LogP contribution in [0.5, 0.6) is 0 Å². The summed E-state index contributed by atoms with van der Waals surface area (Å²) in [6.07, 6.45) is 1.67. The Morgan fingerprint density at radius 1 is 1.44 bits per heavy atom. The van der Waals surface area contributed by atoms with Crippen LogP contribution in [0.15, 0.2) is 29.8 Å². The molecule has 0 spiro atoms. The van der Waals surface area contributed by atoms with Gasteiger partial charge in [0.1, 0.15) is 0 Å². The van der Waals surface area contributed by atoms with Crippen molar-refractivity contribution in [2.45, 2.75) is 20.8 Å². The molecule has 0 bridgehead atoms. The monoisotopic (exact) mass is 219 g/mol. The van der Waals surface area contributed by atoms with Gasteiger partial charge in [-0.1, -0.05) is 18.2 Å². The molecule has 16 heavy (non-hydrogen) atoms. The summed E-state index contributed by atoms with van der Waals surface area (Å²) in [5.41, 5.74) is 3.83. The van der Waals surface area contributed by atoms with Gasteiger partial charge in [0.15, 0.2) is 0 Å². The Balaban J connectivity index is 2.66. The maximum absolute atomic E-state index is 10.6. The van der Waals surface area contributed by atoms with Crippen molar-refractivity contribution in [3.63, 3.8) is 0 Å². The van der Waals surface area contributed by atoms with Crippen LogP contribution in [0.4, 0.5) is 5.69 Å². The molecule has 0 aliphatic carbocycles. The summed E-state index contributed by atoms with van der Waals surface area (Å²) in [7, 11) is 0. The molecular weight excluding hydrogens is 202 g/mol. The fourth-order valence-electron chi connectivity index (χ4n) is 1.34. The lowest BCUT2D eigenvalue weighted by molar-refractivity contribution is -0.132. The average molecular weight is 219 g/mol. The Bertz CT molecular complexity index is 422. The Morgan fingerprint density at radius 3 is 2.75 bits per heavy atom. The molecular formula is C13H17NO2. The molecule has 3 heteroatoms. The molecule has 2 N–H and O–H groups in total. The van der Waals surface area contributed by atoms with E-state index in [0.717, 1.165) is 5.69 Å². The third-order valence-electron chi connectivity index (χ3n) is 2.64. The molecule has 1 aromatic carbocycles. The topological polar surface area (TPSA) is 49.3 Å². The van der Waals surface area contributed by atoms with E-state index in [0.29, 0.717) is 12.1 Å². The van der Waals surface area contributed by atoms with E-state index >= 15 is 0 Å². The van der Waals surface area contributed by atoms with Crippen LogP contribution < -0.4 is 5.32 Å². The van der Waals surface area contributed by atoms with E-state index < -0.39 is 5.97 Å². The van der Waals surface area contributed by atoms with Crippen molar-refractivity contribution in [2.75, 3.05) is 11.9 Å². The van der Waals surface area contributed by atoms with Gasteiger partial charge >= 0.3 is 5.97 Å². The zero-order valence-corrected chi connectivity index (χ0v) is 9.87. The van der Waals surface area contributed by atoms with E-state index in [9.17, 15) is 4.79 Å². The van der Waals surface area contributed by atoms with E-state index in [1.54, 1.807) is 13.0 Å². The normalized spacial score (nSPS) is 11.3. The first-order valence-corrected chi connectivity index (χ1v) is 5.22. The molecule has 0 saturated carbocycles. The first-order valence-electron chi connectivity index (χ1n) is 5.22. The molecule has 0 unspecified atom stereocenters. The van der Waals surface area contributed by atoms with Gasteiger partial charge in [-0.3, -0.25) is 0 Å². The highest BCUT2D eigenvalue weighted by Gasteiger charge is 2.00. The number of carboxylic acids is 1. The van der Waals surface area contributed by atoms with E-state index in [1.165, 1.54) is 11.1 Å². The van der Waals surface area contributed by atoms with Gasteiger partial charge in [0, 0.05) is 17.8 Å². The molecule has 1 aromatic rings. The van der Waals surface area contributed by atoms with E-state index in [4.69, 9.17) is 5.11 Å². The highest BCUT2D eigenvalue weighted by atomic mass is 16.4. The van der Waals surface area contributed by atoms with Crippen molar-refractivity contribution in [1.29, 1.82) is 0 Å². The number of rotatable bonds is 4. The number of benzene rings is 1. The zero-order chi connectivity index (χ0) is 12.1. The first kappa shape index (κ1) is 12.3. The number of aliphatic carboxylic acids is 1. The van der Waals surface area contributed by atoms with Crippen molar-refractivity contribution in [2.24, 2.45) is 0 Å². The Morgan fingerprint density at radius 2 is 2.12 bits per heavy atom. The average Bonchev–Trinajstić information content (AvgIpc) is 2.24. The van der Waals surface area contributed by atoms with Crippen LogP contribution in [0.3, 0.4) is 0 Å². The van der Waals surface area contributed by atoms with Gasteiger partial charge in [-0.05, 0) is 38.0 Å². The van der Waals surface area contributed by atoms with Crippen LogP contribution in [0.1, 0.15) is 18.1 Å². The predicted molar refractivity (Wildman–Crippen MR) is 65.8 cm³/mol. The van der Waals surface area contributed by atoms with Gasteiger partial charge in [0.25, 0.3) is 0 Å². The number of hydrogen-bond acceptors (Lipinski definition) is 2. The zero-order valence-electron chi connectivity index (χ0n) is 9.87. The summed E-state index contributed by atoms with van der Waals surface area (Å²) in [6.45, 7) is 6.22. The highest BCUT2D eigenvalue weighted by Crippen LogP contribution is 2.17. The maximum atomic E-state index is 10.6. The fourth-order valence-corrected chi connectivity index (χ4v) is 1.34. The first-order chi connectivity index (χ1) is 7.52. The Hall–Kier alpha value is -1.77. The van der Waals surface area contributed by atoms with Gasteiger partial charge in [-0.15, -0.1) is 0 Å². The van der Waals surface area contributed by atoms with Crippen molar-refractivity contribution < 1.29 is 9.90 Å². The van der Waals surface area contributed by atoms with Crippen LogP contribution in [0.25, 0.3) is 0 Å². The third kappa shape index (κ3) is 3.12. The largest absolute Gasteiger partial charge is 0.478 e. The summed E-state index contributed by atoms with van der Waals surface area (Å²) >= 11 is 0. The quantitative estimate of drug-likeness (QED) is 0.765. The second kappa shape index (κ2) is 5.35. The molecule has 0 atom stereocenters. The SMILES string of the molecule is C/C(=C/CNc1cccc(C)c1C)C(=O)O. The van der Waals surface area contributed by atoms with E-state index in [1.807, 2.05) is 19.1 Å². The van der Waals surface area contributed by atoms with Gasteiger partial charge in [-0.2, -0.15) is 0 Å². The number of aryl methyl sites for hydroxylation is 1. The molecule has 86 valence electrons.